The summed E-state index contributed by atoms with van der Waals surface area (Å²) in [6.07, 6.45) is 18.2. The van der Waals surface area contributed by atoms with Gasteiger partial charge in [0.15, 0.2) is 0 Å². The Hall–Kier alpha value is -4.93. The number of carbonyl (C=O) groups is 3. The van der Waals surface area contributed by atoms with E-state index >= 15 is 0 Å². The molecule has 15 nitrogen and oxygen atoms in total. The second kappa shape index (κ2) is 24.5. The minimum Gasteiger partial charge on any atom is -0.393 e. The zero-order chi connectivity index (χ0) is 49.0. The van der Waals surface area contributed by atoms with Gasteiger partial charge >= 0.3 is 0 Å². The highest BCUT2D eigenvalue weighted by Gasteiger charge is 2.52. The predicted molar refractivity (Wildman–Crippen MR) is 279 cm³/mol. The number of aromatic nitrogens is 3. The fourth-order valence-corrected chi connectivity index (χ4v) is 11.5. The van der Waals surface area contributed by atoms with E-state index in [1.165, 1.54) is 67.8 Å². The number of benzene rings is 2. The van der Waals surface area contributed by atoms with Crippen molar-refractivity contribution in [3.05, 3.63) is 66.0 Å². The fourth-order valence-electron chi connectivity index (χ4n) is 11.5. The number of fused-ring (bicyclic) bond motifs is 1. The largest absolute Gasteiger partial charge is 0.393 e. The lowest BCUT2D eigenvalue weighted by Gasteiger charge is -2.60. The van der Waals surface area contributed by atoms with E-state index in [0.29, 0.717) is 36.7 Å². The molecule has 0 radical (unpaired) electrons. The Labute approximate surface area is 416 Å². The van der Waals surface area contributed by atoms with Gasteiger partial charge in [0.25, 0.3) is 0 Å². The molecule has 3 saturated heterocycles. The maximum atomic E-state index is 12.5. The number of aromatic amines is 1. The van der Waals surface area contributed by atoms with Crippen LogP contribution in [0.3, 0.4) is 0 Å². The lowest BCUT2D eigenvalue weighted by atomic mass is 9.57. The molecule has 1 unspecified atom stereocenters. The van der Waals surface area contributed by atoms with Crippen molar-refractivity contribution >= 4 is 46.6 Å². The molecule has 4 N–H and O–H groups in total. The highest BCUT2D eigenvalue weighted by molar-refractivity contribution is 6.02. The van der Waals surface area contributed by atoms with Gasteiger partial charge in [-0.2, -0.15) is 4.98 Å². The number of nitrogens with zero attached hydrogens (tertiary/aromatic N) is 7. The van der Waals surface area contributed by atoms with Crippen molar-refractivity contribution in [3.8, 4) is 11.1 Å². The Morgan fingerprint density at radius 1 is 0.914 bits per heavy atom. The number of imide groups is 1. The van der Waals surface area contributed by atoms with Gasteiger partial charge in [-0.25, -0.2) is 4.98 Å². The second-order valence-electron chi connectivity index (χ2n) is 21.1. The van der Waals surface area contributed by atoms with E-state index in [0.717, 1.165) is 137 Å². The lowest BCUT2D eigenvalue weighted by Crippen LogP contribution is -2.64. The van der Waals surface area contributed by atoms with Gasteiger partial charge in [-0.1, -0.05) is 76.3 Å². The highest BCUT2D eigenvalue weighted by atomic mass is 16.5. The molecule has 1 spiro atoms. The summed E-state index contributed by atoms with van der Waals surface area (Å²) < 4.78 is 6.06. The SMILES string of the molecule is CCC(CC)CNc1ncc2c(-c3ccc(CN4CCN(CC5CC6(C5)CN(CCOCCCc5ccc(N(C)C7CCC(=O)NC7=O)c(N(C)C=O)c5)C6)CC4)cc3)c[nH]c2n1.OC1CCCCC1. The van der Waals surface area contributed by atoms with Gasteiger partial charge in [-0.15, -0.1) is 0 Å². The van der Waals surface area contributed by atoms with Crippen molar-refractivity contribution in [2.45, 2.75) is 116 Å². The number of hydrogen-bond donors (Lipinski definition) is 4. The summed E-state index contributed by atoms with van der Waals surface area (Å²) in [6, 6.07) is 14.6. The van der Waals surface area contributed by atoms with Crippen LogP contribution in [0.15, 0.2) is 54.9 Å². The van der Waals surface area contributed by atoms with Crippen LogP contribution in [-0.4, -0.2) is 151 Å². The number of ether oxygens (including phenoxy) is 1. The van der Waals surface area contributed by atoms with E-state index in [-0.39, 0.29) is 17.9 Å². The first-order valence-electron chi connectivity index (χ1n) is 26.5. The van der Waals surface area contributed by atoms with Crippen LogP contribution in [0.5, 0.6) is 0 Å². The number of likely N-dealkylation sites (tertiary alicyclic amines) is 1. The van der Waals surface area contributed by atoms with Gasteiger partial charge in [0.1, 0.15) is 11.7 Å². The minimum absolute atomic E-state index is 0.0359. The maximum absolute atomic E-state index is 12.5. The molecule has 70 heavy (non-hydrogen) atoms. The molecular formula is C55H80N10O5. The molecule has 3 amide bonds. The Morgan fingerprint density at radius 3 is 2.33 bits per heavy atom. The van der Waals surface area contributed by atoms with Gasteiger partial charge in [0.2, 0.25) is 24.2 Å². The number of piperazine rings is 1. The van der Waals surface area contributed by atoms with Gasteiger partial charge in [-0.05, 0) is 91.0 Å². The Balaban J connectivity index is 0.000000865. The molecule has 3 aliphatic heterocycles. The molecule has 2 saturated carbocycles. The predicted octanol–water partition coefficient (Wildman–Crippen LogP) is 7.10. The van der Waals surface area contributed by atoms with E-state index in [1.807, 2.05) is 30.3 Å². The van der Waals surface area contributed by atoms with Crippen LogP contribution in [0.4, 0.5) is 17.3 Å². The van der Waals surface area contributed by atoms with Crippen molar-refractivity contribution in [1.29, 1.82) is 0 Å². The number of likely N-dealkylation sites (N-methyl/N-ethyl adjacent to an activating group) is 1. The number of rotatable bonds is 21. The van der Waals surface area contributed by atoms with E-state index < -0.39 is 6.04 Å². The summed E-state index contributed by atoms with van der Waals surface area (Å²) in [5.74, 6) is 1.61. The van der Waals surface area contributed by atoms with Gasteiger partial charge in [-0.3, -0.25) is 29.5 Å². The second-order valence-corrected chi connectivity index (χ2v) is 21.1. The van der Waals surface area contributed by atoms with E-state index in [2.05, 4.69) is 85.7 Å². The first-order chi connectivity index (χ1) is 34.0. The number of hydrogen-bond acceptors (Lipinski definition) is 12. The van der Waals surface area contributed by atoms with Crippen molar-refractivity contribution in [1.82, 2.24) is 35.0 Å². The third kappa shape index (κ3) is 13.3. The molecule has 15 heteroatoms. The maximum Gasteiger partial charge on any atom is 0.249 e. The number of aliphatic hydroxyl groups is 1. The molecule has 5 fully saturated rings. The fraction of sp³-hybridized carbons (Fsp3) is 0.618. The standard InChI is InChI=1S/C49H68N10O4.C6H12O/c1-5-35(6-2)27-51-48-52-29-41-40(28-50-46(41)54-48)39-12-9-37(10-13-39)30-57-17-19-58(20-18-57)31-38-25-49(26-38)32-59(33-49)21-23-63-22-7-8-36-11-14-42(44(24-36)55(3)34-60)56(4)43-15-16-45(61)53-47(43)62;7-6-4-2-1-3-5-6/h9-14,24,28-29,34-35,38,43H,5-8,15-23,25-27,30-33H2,1-4H3,(H,53,61,62)(H2,50,51,52,54);6-7H,1-5H2. The number of piperidine rings is 1. The molecule has 0 bridgehead atoms. The minimum atomic E-state index is -0.459. The molecule has 2 aliphatic carbocycles. The summed E-state index contributed by atoms with van der Waals surface area (Å²) in [5.41, 5.74) is 7.73. The molecule has 5 heterocycles. The number of aryl methyl sites for hydroxylation is 1. The normalized spacial score (nSPS) is 20.2. The third-order valence-electron chi connectivity index (χ3n) is 15.9. The first-order valence-corrected chi connectivity index (χ1v) is 26.5. The number of H-pyrrole nitrogens is 1. The quantitative estimate of drug-likeness (QED) is 0.0382. The zero-order valence-corrected chi connectivity index (χ0v) is 42.5. The van der Waals surface area contributed by atoms with Crippen LogP contribution < -0.4 is 20.4 Å². The summed E-state index contributed by atoms with van der Waals surface area (Å²) in [6.45, 7) is 17.0. The molecule has 380 valence electrons. The average molecular weight is 961 g/mol. The Kier molecular flexibility index (Phi) is 18.0. The van der Waals surface area contributed by atoms with Crippen LogP contribution >= 0.6 is 0 Å². The molecule has 2 aromatic heterocycles. The number of aliphatic hydroxyl groups excluding tert-OH is 1. The molecule has 5 aliphatic rings. The van der Waals surface area contributed by atoms with Crippen LogP contribution in [0.25, 0.3) is 22.2 Å². The molecule has 2 aromatic carbocycles. The number of nitrogens with one attached hydrogen (secondary N) is 3. The van der Waals surface area contributed by atoms with Crippen molar-refractivity contribution in [3.63, 3.8) is 0 Å². The Bertz CT molecular complexity index is 2310. The van der Waals surface area contributed by atoms with Gasteiger partial charge in [0.05, 0.1) is 24.1 Å². The number of amides is 3. The summed E-state index contributed by atoms with van der Waals surface area (Å²) in [4.78, 5) is 59.9. The average Bonchev–Trinajstić information content (AvgIpc) is 3.78. The first kappa shape index (κ1) is 51.4. The van der Waals surface area contributed by atoms with Crippen LogP contribution in [-0.2, 0) is 32.1 Å². The zero-order valence-electron chi connectivity index (χ0n) is 42.5. The number of carbonyl (C=O) groups excluding carboxylic acids is 3. The molecule has 9 rings (SSSR count). The summed E-state index contributed by atoms with van der Waals surface area (Å²) in [7, 11) is 3.56. The highest BCUT2D eigenvalue weighted by Crippen LogP contribution is 2.52. The molecular weight excluding hydrogens is 881 g/mol. The van der Waals surface area contributed by atoms with E-state index in [9.17, 15) is 14.4 Å². The van der Waals surface area contributed by atoms with Crippen molar-refractivity contribution in [2.75, 3.05) is 101 Å². The van der Waals surface area contributed by atoms with E-state index in [4.69, 9.17) is 14.8 Å². The van der Waals surface area contributed by atoms with Gasteiger partial charge < -0.3 is 34.8 Å². The smallest absolute Gasteiger partial charge is 0.249 e. The van der Waals surface area contributed by atoms with Crippen LogP contribution in [0.1, 0.15) is 102 Å². The monoisotopic (exact) mass is 961 g/mol. The molecule has 4 aromatic rings. The summed E-state index contributed by atoms with van der Waals surface area (Å²) in [5, 5.41) is 15.8. The van der Waals surface area contributed by atoms with Crippen LogP contribution in [0.2, 0.25) is 0 Å². The Morgan fingerprint density at radius 2 is 1.64 bits per heavy atom. The van der Waals surface area contributed by atoms with Crippen LogP contribution in [0, 0.1) is 17.3 Å². The lowest BCUT2D eigenvalue weighted by molar-refractivity contribution is -0.134. The van der Waals surface area contributed by atoms with Gasteiger partial charge in [0, 0.05) is 116 Å². The van der Waals surface area contributed by atoms with Crippen molar-refractivity contribution < 1.29 is 24.2 Å². The van der Waals surface area contributed by atoms with E-state index in [1.54, 1.807) is 7.05 Å². The summed E-state index contributed by atoms with van der Waals surface area (Å²) >= 11 is 0. The molecule has 1 atom stereocenters. The third-order valence-corrected chi connectivity index (χ3v) is 15.9. The topological polar surface area (TPSA) is 162 Å². The number of anilines is 3. The van der Waals surface area contributed by atoms with Crippen molar-refractivity contribution in [2.24, 2.45) is 17.3 Å².